The fourth-order valence-corrected chi connectivity index (χ4v) is 1.66. The summed E-state index contributed by atoms with van der Waals surface area (Å²) in [5, 5.41) is 2.81. The van der Waals surface area contributed by atoms with Crippen LogP contribution in [0.4, 0.5) is 0 Å². The van der Waals surface area contributed by atoms with Gasteiger partial charge in [-0.1, -0.05) is 36.4 Å². The van der Waals surface area contributed by atoms with E-state index in [1.165, 1.54) is 0 Å². The van der Waals surface area contributed by atoms with Crippen LogP contribution in [0.5, 0.6) is 0 Å². The summed E-state index contributed by atoms with van der Waals surface area (Å²) in [7, 11) is 0. The Labute approximate surface area is 101 Å². The summed E-state index contributed by atoms with van der Waals surface area (Å²) in [4.78, 5) is 21.0. The maximum atomic E-state index is 10.5. The number of carbonyl (C=O) groups is 1. The number of allylic oxidation sites excluding steroid dienone is 2. The van der Waals surface area contributed by atoms with Gasteiger partial charge in [-0.2, -0.15) is 0 Å². The highest BCUT2D eigenvalue weighted by Gasteiger charge is 2.11. The van der Waals surface area contributed by atoms with Crippen molar-refractivity contribution in [2.75, 3.05) is 0 Å². The van der Waals surface area contributed by atoms with Crippen LogP contribution in [-0.2, 0) is 9.59 Å². The van der Waals surface area contributed by atoms with Crippen molar-refractivity contribution in [1.82, 2.24) is 5.32 Å². The van der Waals surface area contributed by atoms with Gasteiger partial charge in [0.15, 0.2) is 17.9 Å². The van der Waals surface area contributed by atoms with Gasteiger partial charge < -0.3 is 5.32 Å². The lowest BCUT2D eigenvalue weighted by Gasteiger charge is -2.17. The lowest BCUT2D eigenvalue weighted by atomic mass is 9.97. The van der Waals surface area contributed by atoms with Crippen LogP contribution in [0.2, 0.25) is 0 Å². The van der Waals surface area contributed by atoms with Gasteiger partial charge >= 0.3 is 0 Å². The third-order valence-electron chi connectivity index (χ3n) is 2.49. The Bertz CT molecular complexity index is 485. The van der Waals surface area contributed by atoms with Crippen LogP contribution in [0.1, 0.15) is 31.0 Å². The van der Waals surface area contributed by atoms with Crippen LogP contribution in [-0.4, -0.2) is 12.2 Å². The molecular weight excluding hydrogens is 214 g/mol. The van der Waals surface area contributed by atoms with Gasteiger partial charge in [0.1, 0.15) is 0 Å². The number of hydrogen-bond acceptors (Lipinski definition) is 3. The molecule has 0 spiro atoms. The molecule has 1 rings (SSSR count). The van der Waals surface area contributed by atoms with E-state index in [2.05, 4.69) is 11.9 Å². The summed E-state index contributed by atoms with van der Waals surface area (Å²) in [5.41, 5.74) is 2.88. The first-order valence-electron chi connectivity index (χ1n) is 5.31. The number of nitrogens with one attached hydrogen (secondary N) is 1. The largest absolute Gasteiger partial charge is 0.367 e. The molecule has 0 saturated heterocycles. The maximum Gasteiger partial charge on any atom is 0.177 e. The molecule has 0 aliphatic heterocycles. The maximum absolute atomic E-state index is 10.5. The second kappa shape index (κ2) is 5.83. The first kappa shape index (κ1) is 12.9. The Morgan fingerprint density at radius 1 is 1.47 bits per heavy atom. The molecule has 0 fully saturated rings. The molecular formula is C14H15NO2. The second-order valence-electron chi connectivity index (χ2n) is 3.87. The average molecular weight is 229 g/mol. The van der Waals surface area contributed by atoms with E-state index in [4.69, 9.17) is 0 Å². The van der Waals surface area contributed by atoms with Crippen molar-refractivity contribution in [2.24, 2.45) is 0 Å². The standard InChI is InChI=1S/C14H15NO2/c1-10(2)13-6-4-5-7-14(13)11(3)15-12(8-16)9-17/h4-8,11,15H,1H2,2-3H3. The molecule has 0 saturated carbocycles. The van der Waals surface area contributed by atoms with Crippen molar-refractivity contribution in [2.45, 2.75) is 19.9 Å². The van der Waals surface area contributed by atoms with Crippen molar-refractivity contribution >= 4 is 17.8 Å². The summed E-state index contributed by atoms with van der Waals surface area (Å²) in [5.74, 6) is 1.57. The summed E-state index contributed by atoms with van der Waals surface area (Å²) in [6.45, 7) is 7.70. The summed E-state index contributed by atoms with van der Waals surface area (Å²) < 4.78 is 0. The molecule has 0 amide bonds. The van der Waals surface area contributed by atoms with Crippen molar-refractivity contribution in [1.29, 1.82) is 0 Å². The van der Waals surface area contributed by atoms with E-state index in [1.807, 2.05) is 38.1 Å². The van der Waals surface area contributed by atoms with Crippen molar-refractivity contribution in [3.05, 3.63) is 47.7 Å². The minimum absolute atomic E-state index is 0.0750. The first-order chi connectivity index (χ1) is 8.10. The van der Waals surface area contributed by atoms with Gasteiger partial charge in [0, 0.05) is 6.04 Å². The second-order valence-corrected chi connectivity index (χ2v) is 3.87. The van der Waals surface area contributed by atoms with Crippen LogP contribution in [0.3, 0.4) is 0 Å². The molecule has 0 aromatic heterocycles. The predicted molar refractivity (Wildman–Crippen MR) is 68.0 cm³/mol. The monoisotopic (exact) mass is 229 g/mol. The molecule has 88 valence electrons. The predicted octanol–water partition coefficient (Wildman–Crippen LogP) is 2.28. The summed E-state index contributed by atoms with van der Waals surface area (Å²) in [6, 6.07) is 7.59. The van der Waals surface area contributed by atoms with E-state index in [0.717, 1.165) is 16.7 Å². The smallest absolute Gasteiger partial charge is 0.177 e. The zero-order chi connectivity index (χ0) is 12.8. The molecule has 1 unspecified atom stereocenters. The topological polar surface area (TPSA) is 46.2 Å². The van der Waals surface area contributed by atoms with E-state index in [-0.39, 0.29) is 11.7 Å². The lowest BCUT2D eigenvalue weighted by molar-refractivity contribution is -0.105. The Morgan fingerprint density at radius 3 is 2.65 bits per heavy atom. The number of rotatable bonds is 5. The molecule has 0 radical (unpaired) electrons. The van der Waals surface area contributed by atoms with Gasteiger partial charge in [0.05, 0.1) is 0 Å². The molecule has 3 heteroatoms. The Hall–Kier alpha value is -2.12. The fourth-order valence-electron chi connectivity index (χ4n) is 1.66. The Kier molecular flexibility index (Phi) is 4.44. The highest BCUT2D eigenvalue weighted by molar-refractivity contribution is 5.84. The van der Waals surface area contributed by atoms with Gasteiger partial charge in [0.2, 0.25) is 0 Å². The molecule has 0 bridgehead atoms. The van der Waals surface area contributed by atoms with E-state index in [0.29, 0.717) is 6.29 Å². The Morgan fingerprint density at radius 2 is 2.12 bits per heavy atom. The van der Waals surface area contributed by atoms with E-state index < -0.39 is 0 Å². The number of benzene rings is 1. The third kappa shape index (κ3) is 3.16. The zero-order valence-corrected chi connectivity index (χ0v) is 9.99. The SMILES string of the molecule is C=C(C)c1ccccc1C(C)NC(=C=O)C=O. The van der Waals surface area contributed by atoms with Crippen molar-refractivity contribution < 1.29 is 9.59 Å². The molecule has 3 nitrogen and oxygen atoms in total. The van der Waals surface area contributed by atoms with E-state index >= 15 is 0 Å². The average Bonchev–Trinajstić information content (AvgIpc) is 2.35. The molecule has 1 atom stereocenters. The minimum atomic E-state index is -0.149. The van der Waals surface area contributed by atoms with Crippen LogP contribution < -0.4 is 5.32 Å². The normalized spacial score (nSPS) is 11.2. The molecule has 0 aliphatic carbocycles. The first-order valence-corrected chi connectivity index (χ1v) is 5.31. The minimum Gasteiger partial charge on any atom is -0.367 e. The fraction of sp³-hybridized carbons (Fsp3) is 0.214. The van der Waals surface area contributed by atoms with E-state index in [1.54, 1.807) is 5.94 Å². The molecule has 0 aliphatic rings. The highest BCUT2D eigenvalue weighted by Crippen LogP contribution is 2.23. The molecule has 0 heterocycles. The van der Waals surface area contributed by atoms with Crippen LogP contribution in [0.25, 0.3) is 5.57 Å². The van der Waals surface area contributed by atoms with Gasteiger partial charge in [-0.05, 0) is 25.0 Å². The van der Waals surface area contributed by atoms with Crippen molar-refractivity contribution in [3.8, 4) is 0 Å². The Balaban J connectivity index is 3.04. The van der Waals surface area contributed by atoms with Crippen LogP contribution in [0.15, 0.2) is 36.5 Å². The lowest BCUT2D eigenvalue weighted by Crippen LogP contribution is -2.20. The van der Waals surface area contributed by atoms with Gasteiger partial charge in [-0.15, -0.1) is 0 Å². The molecule has 17 heavy (non-hydrogen) atoms. The quantitative estimate of drug-likeness (QED) is 0.478. The molecule has 1 aromatic carbocycles. The van der Waals surface area contributed by atoms with Gasteiger partial charge in [0.25, 0.3) is 0 Å². The number of hydrogen-bond donors (Lipinski definition) is 1. The van der Waals surface area contributed by atoms with Crippen molar-refractivity contribution in [3.63, 3.8) is 0 Å². The summed E-state index contributed by atoms with van der Waals surface area (Å²) >= 11 is 0. The number of carbonyl (C=O) groups excluding carboxylic acids is 2. The van der Waals surface area contributed by atoms with Gasteiger partial charge in [-0.25, -0.2) is 4.79 Å². The molecule has 1 N–H and O–H groups in total. The molecule has 1 aromatic rings. The van der Waals surface area contributed by atoms with Crippen LogP contribution in [0, 0.1) is 0 Å². The summed E-state index contributed by atoms with van der Waals surface area (Å²) in [6.07, 6.45) is 0.465. The zero-order valence-electron chi connectivity index (χ0n) is 9.99. The highest BCUT2D eigenvalue weighted by atomic mass is 16.1. The van der Waals surface area contributed by atoms with Gasteiger partial charge in [-0.3, -0.25) is 4.79 Å². The number of aldehydes is 1. The van der Waals surface area contributed by atoms with E-state index in [9.17, 15) is 9.59 Å². The van der Waals surface area contributed by atoms with Crippen LogP contribution >= 0.6 is 0 Å². The third-order valence-corrected chi connectivity index (χ3v) is 2.49.